The van der Waals surface area contributed by atoms with Crippen molar-refractivity contribution in [3.8, 4) is 5.75 Å². The average Bonchev–Trinajstić information content (AvgIpc) is 3.19. The molecule has 3 fully saturated rings. The van der Waals surface area contributed by atoms with Gasteiger partial charge in [-0.05, 0) is 38.0 Å². The van der Waals surface area contributed by atoms with Crippen LogP contribution >= 0.6 is 11.8 Å². The third-order valence-electron chi connectivity index (χ3n) is 6.05. The Labute approximate surface area is 171 Å². The van der Waals surface area contributed by atoms with E-state index in [0.29, 0.717) is 13.0 Å². The van der Waals surface area contributed by atoms with Gasteiger partial charge in [-0.3, -0.25) is 14.5 Å². The summed E-state index contributed by atoms with van der Waals surface area (Å²) in [5.41, 5.74) is 1.26. The number of rotatable bonds is 5. The van der Waals surface area contributed by atoms with Gasteiger partial charge in [0.05, 0.1) is 11.5 Å². The number of carbonyl (C=O) groups is 2. The molecule has 0 N–H and O–H groups in total. The van der Waals surface area contributed by atoms with Gasteiger partial charge in [0.2, 0.25) is 11.8 Å². The van der Waals surface area contributed by atoms with Crippen LogP contribution in [-0.2, 0) is 16.1 Å². The lowest BCUT2D eigenvalue weighted by Gasteiger charge is -2.38. The monoisotopic (exact) mass is 403 g/mol. The van der Waals surface area contributed by atoms with E-state index in [1.54, 1.807) is 11.8 Å². The minimum atomic E-state index is -0.275. The second-order valence-electron chi connectivity index (χ2n) is 7.94. The third kappa shape index (κ3) is 3.74. The standard InChI is InChI=1S/C21H29N3O3S/c1-3-27-17-6-4-16(5-7-17)14-22-10-12-23(13-11-22)20(26)18-15-28-21(2)9-8-19(25)24(18)21/h4-7,18H,3,8-15H2,1-2H3/t18-,21-/m0/s1. The number of benzene rings is 1. The lowest BCUT2D eigenvalue weighted by molar-refractivity contribution is -0.144. The normalized spacial score (nSPS) is 27.9. The van der Waals surface area contributed by atoms with Crippen molar-refractivity contribution in [2.75, 3.05) is 38.5 Å². The molecule has 152 valence electrons. The molecule has 2 atom stereocenters. The van der Waals surface area contributed by atoms with E-state index in [2.05, 4.69) is 24.0 Å². The van der Waals surface area contributed by atoms with E-state index >= 15 is 0 Å². The number of ether oxygens (including phenoxy) is 1. The van der Waals surface area contributed by atoms with Crippen molar-refractivity contribution >= 4 is 23.6 Å². The van der Waals surface area contributed by atoms with Crippen LogP contribution in [-0.4, -0.2) is 76.0 Å². The zero-order valence-electron chi connectivity index (χ0n) is 16.7. The van der Waals surface area contributed by atoms with Gasteiger partial charge < -0.3 is 14.5 Å². The number of piperazine rings is 1. The van der Waals surface area contributed by atoms with Gasteiger partial charge in [-0.2, -0.15) is 0 Å². The van der Waals surface area contributed by atoms with Gasteiger partial charge in [-0.1, -0.05) is 12.1 Å². The molecule has 3 heterocycles. The fraction of sp³-hybridized carbons (Fsp3) is 0.619. The van der Waals surface area contributed by atoms with E-state index in [9.17, 15) is 9.59 Å². The van der Waals surface area contributed by atoms with Gasteiger partial charge >= 0.3 is 0 Å². The lowest BCUT2D eigenvalue weighted by atomic mass is 10.1. The molecule has 28 heavy (non-hydrogen) atoms. The molecule has 1 aromatic carbocycles. The van der Waals surface area contributed by atoms with E-state index in [1.807, 2.05) is 28.9 Å². The number of hydrogen-bond donors (Lipinski definition) is 0. The maximum Gasteiger partial charge on any atom is 0.246 e. The minimum absolute atomic E-state index is 0.132. The van der Waals surface area contributed by atoms with Gasteiger partial charge in [-0.25, -0.2) is 0 Å². The predicted molar refractivity (Wildman–Crippen MR) is 110 cm³/mol. The Morgan fingerprint density at radius 1 is 1.21 bits per heavy atom. The molecule has 4 rings (SSSR count). The second kappa shape index (κ2) is 7.95. The third-order valence-corrected chi connectivity index (χ3v) is 7.56. The van der Waals surface area contributed by atoms with Crippen LogP contribution in [0.25, 0.3) is 0 Å². The van der Waals surface area contributed by atoms with E-state index in [4.69, 9.17) is 4.74 Å². The van der Waals surface area contributed by atoms with Crippen molar-refractivity contribution in [3.05, 3.63) is 29.8 Å². The summed E-state index contributed by atoms with van der Waals surface area (Å²) in [6, 6.07) is 7.97. The first-order valence-electron chi connectivity index (χ1n) is 10.2. The molecule has 0 spiro atoms. The van der Waals surface area contributed by atoms with Crippen molar-refractivity contribution in [1.29, 1.82) is 0 Å². The fourth-order valence-electron chi connectivity index (χ4n) is 4.46. The molecule has 6 nitrogen and oxygen atoms in total. The zero-order valence-corrected chi connectivity index (χ0v) is 17.5. The molecular formula is C21H29N3O3S. The molecule has 2 amide bonds. The molecule has 0 saturated carbocycles. The second-order valence-corrected chi connectivity index (χ2v) is 9.45. The number of nitrogens with zero attached hydrogens (tertiary/aromatic N) is 3. The first-order chi connectivity index (χ1) is 13.5. The molecule has 0 unspecified atom stereocenters. The number of hydrogen-bond acceptors (Lipinski definition) is 5. The van der Waals surface area contributed by atoms with Crippen molar-refractivity contribution in [3.63, 3.8) is 0 Å². The fourth-order valence-corrected chi connectivity index (χ4v) is 5.88. The highest BCUT2D eigenvalue weighted by molar-refractivity contribution is 8.01. The first-order valence-corrected chi connectivity index (χ1v) is 11.2. The van der Waals surface area contributed by atoms with Crippen LogP contribution in [0.15, 0.2) is 24.3 Å². The molecule has 0 radical (unpaired) electrons. The van der Waals surface area contributed by atoms with E-state index in [0.717, 1.165) is 50.6 Å². The Morgan fingerprint density at radius 3 is 2.61 bits per heavy atom. The highest BCUT2D eigenvalue weighted by atomic mass is 32.2. The van der Waals surface area contributed by atoms with Crippen LogP contribution in [0.4, 0.5) is 0 Å². The molecule has 0 aromatic heterocycles. The average molecular weight is 404 g/mol. The van der Waals surface area contributed by atoms with E-state index in [1.165, 1.54) is 5.56 Å². The number of fused-ring (bicyclic) bond motifs is 1. The SMILES string of the molecule is CCOc1ccc(CN2CCN(C(=O)[C@@H]3CS[C@@]4(C)CCC(=O)N34)CC2)cc1. The first kappa shape index (κ1) is 19.6. The Hall–Kier alpha value is -1.73. The van der Waals surface area contributed by atoms with Crippen molar-refractivity contribution < 1.29 is 14.3 Å². The molecule has 1 aromatic rings. The summed E-state index contributed by atoms with van der Waals surface area (Å²) in [4.78, 5) is 31.4. The quantitative estimate of drug-likeness (QED) is 0.754. The number of thioether (sulfide) groups is 1. The molecule has 0 aliphatic carbocycles. The zero-order chi connectivity index (χ0) is 19.7. The van der Waals surface area contributed by atoms with E-state index < -0.39 is 0 Å². The minimum Gasteiger partial charge on any atom is -0.494 e. The predicted octanol–water partition coefficient (Wildman–Crippen LogP) is 2.18. The van der Waals surface area contributed by atoms with Crippen LogP contribution in [0.3, 0.4) is 0 Å². The van der Waals surface area contributed by atoms with Crippen molar-refractivity contribution in [1.82, 2.24) is 14.7 Å². The number of carbonyl (C=O) groups excluding carboxylic acids is 2. The Balaban J connectivity index is 1.30. The van der Waals surface area contributed by atoms with Crippen LogP contribution in [0, 0.1) is 0 Å². The van der Waals surface area contributed by atoms with Gasteiger partial charge in [0.15, 0.2) is 0 Å². The summed E-state index contributed by atoms with van der Waals surface area (Å²) in [6.45, 7) is 8.84. The number of amides is 2. The topological polar surface area (TPSA) is 53.1 Å². The largest absolute Gasteiger partial charge is 0.494 e. The maximum atomic E-state index is 13.1. The molecule has 0 bridgehead atoms. The molecule has 3 aliphatic heterocycles. The van der Waals surface area contributed by atoms with Gasteiger partial charge in [0.1, 0.15) is 11.8 Å². The van der Waals surface area contributed by atoms with Gasteiger partial charge in [-0.15, -0.1) is 11.8 Å². The van der Waals surface area contributed by atoms with Crippen molar-refractivity contribution in [2.24, 2.45) is 0 Å². The Morgan fingerprint density at radius 2 is 1.93 bits per heavy atom. The summed E-state index contributed by atoms with van der Waals surface area (Å²) in [5.74, 6) is 1.90. The summed E-state index contributed by atoms with van der Waals surface area (Å²) in [6.07, 6.45) is 1.43. The van der Waals surface area contributed by atoms with Crippen LogP contribution in [0.1, 0.15) is 32.3 Å². The van der Waals surface area contributed by atoms with Crippen LogP contribution in [0.2, 0.25) is 0 Å². The smallest absolute Gasteiger partial charge is 0.246 e. The van der Waals surface area contributed by atoms with Crippen LogP contribution < -0.4 is 4.74 Å². The van der Waals surface area contributed by atoms with E-state index in [-0.39, 0.29) is 22.7 Å². The maximum absolute atomic E-state index is 13.1. The molecular weight excluding hydrogens is 374 g/mol. The Kier molecular flexibility index (Phi) is 5.56. The summed E-state index contributed by atoms with van der Waals surface area (Å²) in [7, 11) is 0. The van der Waals surface area contributed by atoms with Gasteiger partial charge in [0, 0.05) is 44.9 Å². The summed E-state index contributed by atoms with van der Waals surface area (Å²) < 4.78 is 5.50. The highest BCUT2D eigenvalue weighted by Gasteiger charge is 2.53. The highest BCUT2D eigenvalue weighted by Crippen LogP contribution is 2.47. The molecule has 3 aliphatic rings. The summed E-state index contributed by atoms with van der Waals surface area (Å²) >= 11 is 1.76. The molecule has 7 heteroatoms. The van der Waals surface area contributed by atoms with Crippen LogP contribution in [0.5, 0.6) is 5.75 Å². The lowest BCUT2D eigenvalue weighted by Crippen LogP contribution is -2.56. The Bertz CT molecular complexity index is 733. The van der Waals surface area contributed by atoms with Crippen molar-refractivity contribution in [2.45, 2.75) is 44.1 Å². The van der Waals surface area contributed by atoms with Gasteiger partial charge in [0.25, 0.3) is 0 Å². The molecule has 3 saturated heterocycles. The summed E-state index contributed by atoms with van der Waals surface area (Å²) in [5, 5.41) is 0.